The SMILES string of the molecule is CCCCCCCCCCCCCCCC(=O)OC[C@@H](COC(=O)CCCCCCCCCCC(C)CC)OC(=O)CCCCCCCCC(C)CC. The third kappa shape index (κ3) is 38.5. The molecule has 3 atom stereocenters. The number of ether oxygens (including phenoxy) is 3. The number of carbonyl (C=O) groups is 3. The minimum absolute atomic E-state index is 0.0656. The summed E-state index contributed by atoms with van der Waals surface area (Å²) >= 11 is 0. The molecule has 0 aromatic carbocycles. The van der Waals surface area contributed by atoms with E-state index in [9.17, 15) is 14.4 Å². The molecule has 0 aromatic rings. The number of carbonyl (C=O) groups excluding carboxylic acids is 3. The smallest absolute Gasteiger partial charge is 0.306 e. The summed E-state index contributed by atoms with van der Waals surface area (Å²) in [5.41, 5.74) is 0. The van der Waals surface area contributed by atoms with E-state index in [0.717, 1.165) is 69.6 Å². The Morgan fingerprint density at radius 1 is 0.377 bits per heavy atom. The van der Waals surface area contributed by atoms with Gasteiger partial charge in [-0.3, -0.25) is 14.4 Å². The molecular formula is C47H90O6. The van der Waals surface area contributed by atoms with Crippen LogP contribution >= 0.6 is 0 Å². The molecule has 0 aliphatic rings. The minimum Gasteiger partial charge on any atom is -0.462 e. The molecule has 6 heteroatoms. The first kappa shape index (κ1) is 51.4. The predicted octanol–water partition coefficient (Wildman–Crippen LogP) is 14.6. The number of rotatable bonds is 41. The van der Waals surface area contributed by atoms with Gasteiger partial charge in [-0.15, -0.1) is 0 Å². The van der Waals surface area contributed by atoms with Gasteiger partial charge in [0.25, 0.3) is 0 Å². The zero-order valence-electron chi connectivity index (χ0n) is 36.1. The third-order valence-electron chi connectivity index (χ3n) is 11.2. The Labute approximate surface area is 329 Å². The van der Waals surface area contributed by atoms with Crippen LogP contribution in [-0.2, 0) is 28.6 Å². The summed E-state index contributed by atoms with van der Waals surface area (Å²) in [5.74, 6) is 0.797. The van der Waals surface area contributed by atoms with Gasteiger partial charge in [0.15, 0.2) is 6.10 Å². The van der Waals surface area contributed by atoms with E-state index < -0.39 is 6.10 Å². The molecule has 0 radical (unpaired) electrons. The first-order chi connectivity index (χ1) is 25.8. The quantitative estimate of drug-likeness (QED) is 0.0352. The fourth-order valence-electron chi connectivity index (χ4n) is 6.86. The summed E-state index contributed by atoms with van der Waals surface area (Å²) < 4.78 is 16.7. The minimum atomic E-state index is -0.761. The Hall–Kier alpha value is -1.59. The Bertz CT molecular complexity index is 813. The van der Waals surface area contributed by atoms with Crippen molar-refractivity contribution >= 4 is 17.9 Å². The zero-order chi connectivity index (χ0) is 39.0. The Balaban J connectivity index is 4.34. The summed E-state index contributed by atoms with van der Waals surface area (Å²) in [4.78, 5) is 37.7. The summed E-state index contributed by atoms with van der Waals surface area (Å²) in [6, 6.07) is 0. The van der Waals surface area contributed by atoms with Gasteiger partial charge < -0.3 is 14.2 Å². The lowest BCUT2D eigenvalue weighted by molar-refractivity contribution is -0.167. The lowest BCUT2D eigenvalue weighted by atomic mass is 9.99. The second-order valence-electron chi connectivity index (χ2n) is 16.5. The maximum absolute atomic E-state index is 12.7. The van der Waals surface area contributed by atoms with Crippen LogP contribution in [0.25, 0.3) is 0 Å². The molecule has 0 N–H and O–H groups in total. The monoisotopic (exact) mass is 751 g/mol. The van der Waals surface area contributed by atoms with Crippen molar-refractivity contribution in [3.63, 3.8) is 0 Å². The molecule has 2 unspecified atom stereocenters. The van der Waals surface area contributed by atoms with E-state index in [1.807, 2.05) is 0 Å². The summed E-state index contributed by atoms with van der Waals surface area (Å²) in [7, 11) is 0. The second-order valence-corrected chi connectivity index (χ2v) is 16.5. The number of unbranched alkanes of at least 4 members (excludes halogenated alkanes) is 24. The standard InChI is InChI=1S/C47H90O6/c1-6-9-10-11-12-13-14-15-16-17-21-27-32-37-45(48)51-40-44(53-47(50)39-34-29-24-23-26-31-36-43(5)8-3)41-52-46(49)38-33-28-22-19-18-20-25-30-35-42(4)7-2/h42-44H,6-41H2,1-5H3/t42?,43?,44-/m0/s1. The molecule has 0 rings (SSSR count). The first-order valence-electron chi connectivity index (χ1n) is 23.3. The van der Waals surface area contributed by atoms with E-state index in [1.165, 1.54) is 141 Å². The van der Waals surface area contributed by atoms with Gasteiger partial charge in [-0.1, -0.05) is 214 Å². The summed E-state index contributed by atoms with van der Waals surface area (Å²) in [5, 5.41) is 0. The summed E-state index contributed by atoms with van der Waals surface area (Å²) in [6.07, 6.45) is 37.9. The van der Waals surface area contributed by atoms with E-state index in [0.29, 0.717) is 19.3 Å². The molecule has 6 nitrogen and oxygen atoms in total. The number of esters is 3. The molecule has 0 aliphatic heterocycles. The highest BCUT2D eigenvalue weighted by molar-refractivity contribution is 5.71. The molecular weight excluding hydrogens is 661 g/mol. The van der Waals surface area contributed by atoms with E-state index >= 15 is 0 Å². The third-order valence-corrected chi connectivity index (χ3v) is 11.2. The molecule has 0 fully saturated rings. The van der Waals surface area contributed by atoms with E-state index in [1.54, 1.807) is 0 Å². The van der Waals surface area contributed by atoms with Gasteiger partial charge in [0.2, 0.25) is 0 Å². The predicted molar refractivity (Wildman–Crippen MR) is 224 cm³/mol. The number of hydrogen-bond acceptors (Lipinski definition) is 6. The lowest BCUT2D eigenvalue weighted by Gasteiger charge is -2.18. The van der Waals surface area contributed by atoms with Crippen molar-refractivity contribution in [1.29, 1.82) is 0 Å². The van der Waals surface area contributed by atoms with Gasteiger partial charge in [-0.2, -0.15) is 0 Å². The van der Waals surface area contributed by atoms with Crippen LogP contribution in [0.15, 0.2) is 0 Å². The van der Waals surface area contributed by atoms with Crippen molar-refractivity contribution in [2.45, 2.75) is 259 Å². The molecule has 0 bridgehead atoms. The molecule has 0 heterocycles. The average molecular weight is 751 g/mol. The van der Waals surface area contributed by atoms with Crippen molar-refractivity contribution in [3.05, 3.63) is 0 Å². The molecule has 314 valence electrons. The van der Waals surface area contributed by atoms with Crippen LogP contribution in [0, 0.1) is 11.8 Å². The van der Waals surface area contributed by atoms with Gasteiger partial charge in [-0.25, -0.2) is 0 Å². The molecule has 0 saturated heterocycles. The fourth-order valence-corrected chi connectivity index (χ4v) is 6.86. The normalized spacial score (nSPS) is 13.1. The Morgan fingerprint density at radius 3 is 0.981 bits per heavy atom. The highest BCUT2D eigenvalue weighted by Gasteiger charge is 2.19. The van der Waals surface area contributed by atoms with Crippen LogP contribution in [0.2, 0.25) is 0 Å². The van der Waals surface area contributed by atoms with E-state index in [-0.39, 0.29) is 31.1 Å². The molecule has 0 aliphatic carbocycles. The highest BCUT2D eigenvalue weighted by Crippen LogP contribution is 2.17. The second kappa shape index (κ2) is 40.1. The van der Waals surface area contributed by atoms with Gasteiger partial charge >= 0.3 is 17.9 Å². The van der Waals surface area contributed by atoms with Crippen molar-refractivity contribution in [1.82, 2.24) is 0 Å². The van der Waals surface area contributed by atoms with E-state index in [2.05, 4.69) is 34.6 Å². The molecule has 0 aromatic heterocycles. The van der Waals surface area contributed by atoms with Crippen LogP contribution in [0.1, 0.15) is 253 Å². The maximum atomic E-state index is 12.7. The lowest BCUT2D eigenvalue weighted by Crippen LogP contribution is -2.30. The molecule has 0 saturated carbocycles. The summed E-state index contributed by atoms with van der Waals surface area (Å²) in [6.45, 7) is 11.3. The van der Waals surface area contributed by atoms with Gasteiger partial charge in [0.1, 0.15) is 13.2 Å². The fraction of sp³-hybridized carbons (Fsp3) is 0.936. The molecule has 0 spiro atoms. The number of hydrogen-bond donors (Lipinski definition) is 0. The van der Waals surface area contributed by atoms with Gasteiger partial charge in [-0.05, 0) is 31.1 Å². The van der Waals surface area contributed by atoms with Crippen LogP contribution in [-0.4, -0.2) is 37.2 Å². The Morgan fingerprint density at radius 2 is 0.660 bits per heavy atom. The zero-order valence-corrected chi connectivity index (χ0v) is 36.1. The van der Waals surface area contributed by atoms with Crippen molar-refractivity contribution in [2.24, 2.45) is 11.8 Å². The van der Waals surface area contributed by atoms with Crippen LogP contribution in [0.3, 0.4) is 0 Å². The van der Waals surface area contributed by atoms with E-state index in [4.69, 9.17) is 14.2 Å². The topological polar surface area (TPSA) is 78.9 Å². The molecule has 0 amide bonds. The van der Waals surface area contributed by atoms with Crippen LogP contribution in [0.4, 0.5) is 0 Å². The van der Waals surface area contributed by atoms with Gasteiger partial charge in [0, 0.05) is 19.3 Å². The van der Waals surface area contributed by atoms with Crippen LogP contribution < -0.4 is 0 Å². The van der Waals surface area contributed by atoms with Crippen molar-refractivity contribution < 1.29 is 28.6 Å². The van der Waals surface area contributed by atoms with Gasteiger partial charge in [0.05, 0.1) is 0 Å². The highest BCUT2D eigenvalue weighted by atomic mass is 16.6. The Kier molecular flexibility index (Phi) is 38.9. The maximum Gasteiger partial charge on any atom is 0.306 e. The van der Waals surface area contributed by atoms with Crippen molar-refractivity contribution in [3.8, 4) is 0 Å². The van der Waals surface area contributed by atoms with Crippen LogP contribution in [0.5, 0.6) is 0 Å². The first-order valence-corrected chi connectivity index (χ1v) is 23.3. The average Bonchev–Trinajstić information content (AvgIpc) is 3.15. The largest absolute Gasteiger partial charge is 0.462 e. The van der Waals surface area contributed by atoms with Crippen molar-refractivity contribution in [2.75, 3.05) is 13.2 Å². The molecule has 53 heavy (non-hydrogen) atoms.